The van der Waals surface area contributed by atoms with Crippen LogP contribution in [0, 0.1) is 5.92 Å². The molecule has 0 heterocycles. The molecule has 1 aromatic rings. The molecule has 0 saturated heterocycles. The van der Waals surface area contributed by atoms with Crippen molar-refractivity contribution >= 4 is 17.6 Å². The second-order valence-electron chi connectivity index (χ2n) is 4.39. The van der Waals surface area contributed by atoms with Crippen LogP contribution in [-0.2, 0) is 11.0 Å². The molecule has 2 nitrogen and oxygen atoms in total. The molecule has 1 atom stereocenters. The van der Waals surface area contributed by atoms with E-state index >= 15 is 0 Å². The van der Waals surface area contributed by atoms with Crippen LogP contribution in [0.5, 0.6) is 0 Å². The van der Waals surface area contributed by atoms with Gasteiger partial charge in [0.05, 0.1) is 16.5 Å². The number of benzene rings is 1. The van der Waals surface area contributed by atoms with Crippen molar-refractivity contribution in [3.05, 3.63) is 34.3 Å². The summed E-state index contributed by atoms with van der Waals surface area (Å²) in [6, 6.07) is 3.31. The predicted molar refractivity (Wildman–Crippen MR) is 59.6 cm³/mol. The molecule has 1 saturated carbocycles. The Bertz CT molecular complexity index is 481. The zero-order valence-corrected chi connectivity index (χ0v) is 9.92. The van der Waals surface area contributed by atoms with Crippen molar-refractivity contribution in [2.45, 2.75) is 24.9 Å². The molecule has 0 bridgehead atoms. The third-order valence-electron chi connectivity index (χ3n) is 3.01. The Morgan fingerprint density at radius 2 is 2.00 bits per heavy atom. The molecular weight excluding hydrogens is 269 g/mol. The van der Waals surface area contributed by atoms with Gasteiger partial charge in [0, 0.05) is 0 Å². The number of aliphatic carboxylic acids is 1. The first-order valence-electron chi connectivity index (χ1n) is 5.40. The molecule has 6 heteroatoms. The van der Waals surface area contributed by atoms with Crippen LogP contribution in [0.1, 0.15) is 29.9 Å². The lowest BCUT2D eigenvalue weighted by Crippen LogP contribution is -2.15. The molecule has 18 heavy (non-hydrogen) atoms. The number of hydrogen-bond donors (Lipinski definition) is 1. The first-order valence-corrected chi connectivity index (χ1v) is 5.78. The van der Waals surface area contributed by atoms with Gasteiger partial charge < -0.3 is 5.11 Å². The van der Waals surface area contributed by atoms with Crippen molar-refractivity contribution in [3.8, 4) is 0 Å². The summed E-state index contributed by atoms with van der Waals surface area (Å²) in [6.45, 7) is 0. The molecule has 1 aromatic carbocycles. The van der Waals surface area contributed by atoms with Crippen LogP contribution in [0.4, 0.5) is 13.2 Å². The Morgan fingerprint density at radius 1 is 1.39 bits per heavy atom. The average Bonchev–Trinajstić information content (AvgIpc) is 3.02. The van der Waals surface area contributed by atoms with Gasteiger partial charge in [-0.15, -0.1) is 0 Å². The van der Waals surface area contributed by atoms with Crippen LogP contribution in [0.15, 0.2) is 18.2 Å². The molecule has 0 aromatic heterocycles. The van der Waals surface area contributed by atoms with Crippen molar-refractivity contribution in [2.75, 3.05) is 0 Å². The zero-order chi connectivity index (χ0) is 13.5. The summed E-state index contributed by atoms with van der Waals surface area (Å²) < 4.78 is 38.0. The van der Waals surface area contributed by atoms with E-state index in [1.807, 2.05) is 0 Å². The maximum absolute atomic E-state index is 12.7. The van der Waals surface area contributed by atoms with Crippen molar-refractivity contribution in [1.29, 1.82) is 0 Å². The van der Waals surface area contributed by atoms with Gasteiger partial charge in [-0.1, -0.05) is 17.7 Å². The molecule has 0 radical (unpaired) electrons. The first kappa shape index (κ1) is 13.2. The van der Waals surface area contributed by atoms with Crippen LogP contribution in [0.3, 0.4) is 0 Å². The molecule has 1 unspecified atom stereocenters. The largest absolute Gasteiger partial charge is 0.481 e. The molecule has 98 valence electrons. The molecular formula is C12H10ClF3O2. The van der Waals surface area contributed by atoms with Gasteiger partial charge in [-0.05, 0) is 36.5 Å². The number of carbonyl (C=O) groups is 1. The highest BCUT2D eigenvalue weighted by Gasteiger charge is 2.39. The predicted octanol–water partition coefficient (Wildman–Crippen LogP) is 3.94. The fraction of sp³-hybridized carbons (Fsp3) is 0.417. The minimum absolute atomic E-state index is 0.0650. The van der Waals surface area contributed by atoms with Gasteiger partial charge in [0.1, 0.15) is 0 Å². The summed E-state index contributed by atoms with van der Waals surface area (Å²) in [4.78, 5) is 11.1. The van der Waals surface area contributed by atoms with E-state index in [1.54, 1.807) is 0 Å². The maximum atomic E-state index is 12.7. The lowest BCUT2D eigenvalue weighted by molar-refractivity contribution is -0.140. The summed E-state index contributed by atoms with van der Waals surface area (Å²) in [5.41, 5.74) is -0.810. The van der Waals surface area contributed by atoms with Crippen LogP contribution in [0.2, 0.25) is 5.02 Å². The summed E-state index contributed by atoms with van der Waals surface area (Å²) in [6.07, 6.45) is -3.10. The van der Waals surface area contributed by atoms with Gasteiger partial charge in [-0.2, -0.15) is 13.2 Å². The molecule has 1 N–H and O–H groups in total. The van der Waals surface area contributed by atoms with Gasteiger partial charge in [-0.3, -0.25) is 4.79 Å². The van der Waals surface area contributed by atoms with Crippen molar-refractivity contribution in [3.63, 3.8) is 0 Å². The van der Waals surface area contributed by atoms with Crippen molar-refractivity contribution in [2.24, 2.45) is 5.92 Å². The van der Waals surface area contributed by atoms with Crippen molar-refractivity contribution in [1.82, 2.24) is 0 Å². The van der Waals surface area contributed by atoms with Gasteiger partial charge in [0.25, 0.3) is 0 Å². The van der Waals surface area contributed by atoms with Crippen LogP contribution in [0.25, 0.3) is 0 Å². The Balaban J connectivity index is 2.42. The van der Waals surface area contributed by atoms with Crippen LogP contribution < -0.4 is 0 Å². The van der Waals surface area contributed by atoms with E-state index in [0.29, 0.717) is 0 Å². The van der Waals surface area contributed by atoms with Crippen molar-refractivity contribution < 1.29 is 23.1 Å². The molecule has 0 amide bonds. The van der Waals surface area contributed by atoms with Gasteiger partial charge in [-0.25, -0.2) is 0 Å². The Labute approximate surface area is 106 Å². The summed E-state index contributed by atoms with van der Waals surface area (Å²) in [5.74, 6) is -2.03. The van der Waals surface area contributed by atoms with E-state index in [2.05, 4.69) is 0 Å². The van der Waals surface area contributed by atoms with E-state index in [0.717, 1.165) is 25.0 Å². The highest BCUT2D eigenvalue weighted by molar-refractivity contribution is 6.31. The minimum Gasteiger partial charge on any atom is -0.481 e. The molecule has 2 rings (SSSR count). The normalized spacial score (nSPS) is 17.6. The molecule has 1 fully saturated rings. The fourth-order valence-corrected chi connectivity index (χ4v) is 2.22. The second kappa shape index (κ2) is 4.46. The Hall–Kier alpha value is -1.23. The van der Waals surface area contributed by atoms with Crippen LogP contribution in [-0.4, -0.2) is 11.1 Å². The monoisotopic (exact) mass is 278 g/mol. The smallest absolute Gasteiger partial charge is 0.417 e. The van der Waals surface area contributed by atoms with Gasteiger partial charge in [0.2, 0.25) is 0 Å². The first-order chi connectivity index (χ1) is 8.30. The number of rotatable bonds is 3. The average molecular weight is 279 g/mol. The molecule has 0 spiro atoms. The zero-order valence-electron chi connectivity index (χ0n) is 9.17. The topological polar surface area (TPSA) is 37.3 Å². The molecule has 1 aliphatic carbocycles. The summed E-state index contributed by atoms with van der Waals surface area (Å²) >= 11 is 5.49. The van der Waals surface area contributed by atoms with E-state index in [1.165, 1.54) is 6.07 Å². The van der Waals surface area contributed by atoms with E-state index in [9.17, 15) is 18.0 Å². The summed E-state index contributed by atoms with van der Waals surface area (Å²) in [7, 11) is 0. The fourth-order valence-electron chi connectivity index (χ4n) is 2.00. The lowest BCUT2D eigenvalue weighted by Gasteiger charge is -2.15. The lowest BCUT2D eigenvalue weighted by atomic mass is 9.93. The minimum atomic E-state index is -4.57. The third kappa shape index (κ3) is 2.61. The SMILES string of the molecule is O=C(O)C(c1ccc(Cl)c(C(F)(F)F)c1)C1CC1. The number of carboxylic acid groups (broad SMARTS) is 1. The summed E-state index contributed by atoms with van der Waals surface area (Å²) in [5, 5.41) is 8.67. The highest BCUT2D eigenvalue weighted by Crippen LogP contribution is 2.44. The van der Waals surface area contributed by atoms with Gasteiger partial charge >= 0.3 is 12.1 Å². The number of hydrogen-bond acceptors (Lipinski definition) is 1. The van der Waals surface area contributed by atoms with Crippen LogP contribution >= 0.6 is 11.6 Å². The quantitative estimate of drug-likeness (QED) is 0.909. The maximum Gasteiger partial charge on any atom is 0.417 e. The van der Waals surface area contributed by atoms with E-state index in [-0.39, 0.29) is 11.5 Å². The van der Waals surface area contributed by atoms with Gasteiger partial charge in [0.15, 0.2) is 0 Å². The highest BCUT2D eigenvalue weighted by atomic mass is 35.5. The molecule has 0 aliphatic heterocycles. The van der Waals surface area contributed by atoms with E-state index < -0.39 is 28.6 Å². The number of alkyl halides is 3. The second-order valence-corrected chi connectivity index (χ2v) is 4.80. The number of carboxylic acids is 1. The Kier molecular flexibility index (Phi) is 3.27. The third-order valence-corrected chi connectivity index (χ3v) is 3.34. The number of halogens is 4. The molecule has 1 aliphatic rings. The van der Waals surface area contributed by atoms with E-state index in [4.69, 9.17) is 16.7 Å². The standard InChI is InChI=1S/C12H10ClF3O2/c13-9-4-3-7(5-8(9)12(14,15)16)10(11(17)18)6-1-2-6/h3-6,10H,1-2H2,(H,17,18). The Morgan fingerprint density at radius 3 is 2.44 bits per heavy atom.